The first-order valence-corrected chi connectivity index (χ1v) is 10.1. The number of pyridine rings is 1. The lowest BCUT2D eigenvalue weighted by molar-refractivity contribution is 0.699. The molecule has 0 aliphatic rings. The van der Waals surface area contributed by atoms with Crippen LogP contribution in [0, 0.1) is 13.8 Å². The van der Waals surface area contributed by atoms with Crippen LogP contribution in [0.5, 0.6) is 0 Å². The largest absolute Gasteiger partial charge is 0.357 e. The monoisotopic (exact) mass is 390 g/mol. The Kier molecular flexibility index (Phi) is 7.00. The Balaban J connectivity index is 1.60. The Morgan fingerprint density at radius 1 is 1.07 bits per heavy atom. The second-order valence-electron chi connectivity index (χ2n) is 7.26. The molecule has 2 N–H and O–H groups in total. The quantitative estimate of drug-likeness (QED) is 0.476. The van der Waals surface area contributed by atoms with Crippen molar-refractivity contribution < 1.29 is 0 Å². The van der Waals surface area contributed by atoms with Crippen molar-refractivity contribution in [2.45, 2.75) is 40.2 Å². The molecule has 0 aliphatic carbocycles. The first-order chi connectivity index (χ1) is 14.1. The van der Waals surface area contributed by atoms with Crippen molar-refractivity contribution in [3.8, 4) is 5.82 Å². The minimum absolute atomic E-state index is 0.402. The Hall–Kier alpha value is -3.15. The molecule has 3 aromatic rings. The Bertz CT molecular complexity index is 925. The van der Waals surface area contributed by atoms with Crippen LogP contribution in [0.3, 0.4) is 0 Å². The van der Waals surface area contributed by atoms with Crippen LogP contribution in [0.25, 0.3) is 5.82 Å². The SMILES string of the molecule is CCNC(=NCc1ccc(-n2ccnc2C)nc1)NCC(C)c1ccc(C)cc1. The summed E-state index contributed by atoms with van der Waals surface area (Å²) < 4.78 is 1.96. The van der Waals surface area contributed by atoms with E-state index in [1.54, 1.807) is 6.20 Å². The number of aliphatic imine (C=N–C) groups is 1. The van der Waals surface area contributed by atoms with Crippen LogP contribution < -0.4 is 10.6 Å². The van der Waals surface area contributed by atoms with Gasteiger partial charge in [0, 0.05) is 31.7 Å². The van der Waals surface area contributed by atoms with Gasteiger partial charge in [0.1, 0.15) is 11.6 Å². The molecule has 0 fully saturated rings. The molecule has 0 bridgehead atoms. The zero-order chi connectivity index (χ0) is 20.6. The fourth-order valence-corrected chi connectivity index (χ4v) is 3.05. The molecule has 2 heterocycles. The third kappa shape index (κ3) is 5.67. The van der Waals surface area contributed by atoms with Gasteiger partial charge in [-0.1, -0.05) is 42.8 Å². The summed E-state index contributed by atoms with van der Waals surface area (Å²) in [5, 5.41) is 6.77. The lowest BCUT2D eigenvalue weighted by Gasteiger charge is -2.16. The van der Waals surface area contributed by atoms with Gasteiger partial charge in [-0.25, -0.2) is 15.0 Å². The lowest BCUT2D eigenvalue weighted by Crippen LogP contribution is -2.39. The predicted molar refractivity (Wildman–Crippen MR) is 119 cm³/mol. The summed E-state index contributed by atoms with van der Waals surface area (Å²) in [6.45, 7) is 10.6. The van der Waals surface area contributed by atoms with Crippen LogP contribution in [0.2, 0.25) is 0 Å². The standard InChI is InChI=1S/C23H30N6/c1-5-24-23(27-14-18(3)21-9-6-17(2)7-10-21)28-16-20-8-11-22(26-15-20)29-13-12-25-19(29)4/h6-13,15,18H,5,14,16H2,1-4H3,(H2,24,27,28). The van der Waals surface area contributed by atoms with Gasteiger partial charge in [0.2, 0.25) is 0 Å². The molecule has 152 valence electrons. The van der Waals surface area contributed by atoms with Gasteiger partial charge in [-0.2, -0.15) is 0 Å². The summed E-state index contributed by atoms with van der Waals surface area (Å²) in [7, 11) is 0. The van der Waals surface area contributed by atoms with E-state index >= 15 is 0 Å². The summed E-state index contributed by atoms with van der Waals surface area (Å²) in [4.78, 5) is 13.5. The second-order valence-corrected chi connectivity index (χ2v) is 7.26. The zero-order valence-electron chi connectivity index (χ0n) is 17.7. The van der Waals surface area contributed by atoms with E-state index < -0.39 is 0 Å². The fraction of sp³-hybridized carbons (Fsp3) is 0.348. The lowest BCUT2D eigenvalue weighted by atomic mass is 10.0. The molecule has 1 atom stereocenters. The molecule has 1 aromatic carbocycles. The molecular weight excluding hydrogens is 360 g/mol. The van der Waals surface area contributed by atoms with E-state index in [0.717, 1.165) is 36.3 Å². The summed E-state index contributed by atoms with van der Waals surface area (Å²) in [6.07, 6.45) is 5.57. The van der Waals surface area contributed by atoms with Crippen molar-refractivity contribution in [3.63, 3.8) is 0 Å². The molecular formula is C23H30N6. The van der Waals surface area contributed by atoms with E-state index in [-0.39, 0.29) is 0 Å². The van der Waals surface area contributed by atoms with E-state index in [9.17, 15) is 0 Å². The molecule has 6 nitrogen and oxygen atoms in total. The number of nitrogens with zero attached hydrogens (tertiary/aromatic N) is 4. The predicted octanol–water partition coefficient (Wildman–Crippen LogP) is 3.74. The number of imidazole rings is 1. The molecule has 0 radical (unpaired) electrons. The van der Waals surface area contributed by atoms with Crippen LogP contribution in [0.4, 0.5) is 0 Å². The molecule has 3 rings (SSSR count). The number of aromatic nitrogens is 3. The average molecular weight is 391 g/mol. The van der Waals surface area contributed by atoms with Crippen molar-refractivity contribution in [1.29, 1.82) is 0 Å². The van der Waals surface area contributed by atoms with Gasteiger partial charge in [0.05, 0.1) is 6.54 Å². The average Bonchev–Trinajstić information content (AvgIpc) is 3.16. The minimum atomic E-state index is 0.402. The van der Waals surface area contributed by atoms with Gasteiger partial charge >= 0.3 is 0 Å². The highest BCUT2D eigenvalue weighted by Gasteiger charge is 2.07. The maximum absolute atomic E-state index is 4.71. The van der Waals surface area contributed by atoms with Gasteiger partial charge in [0.25, 0.3) is 0 Å². The highest BCUT2D eigenvalue weighted by molar-refractivity contribution is 5.79. The zero-order valence-corrected chi connectivity index (χ0v) is 17.7. The number of benzene rings is 1. The Morgan fingerprint density at radius 2 is 1.86 bits per heavy atom. The molecule has 29 heavy (non-hydrogen) atoms. The first kappa shape index (κ1) is 20.6. The number of nitrogens with one attached hydrogen (secondary N) is 2. The van der Waals surface area contributed by atoms with Crippen LogP contribution in [0.15, 0.2) is 60.0 Å². The maximum atomic E-state index is 4.71. The van der Waals surface area contributed by atoms with E-state index in [1.165, 1.54) is 11.1 Å². The summed E-state index contributed by atoms with van der Waals surface area (Å²) in [5.74, 6) is 3.01. The molecule has 2 aromatic heterocycles. The Morgan fingerprint density at radius 3 is 2.48 bits per heavy atom. The minimum Gasteiger partial charge on any atom is -0.357 e. The van der Waals surface area contributed by atoms with Crippen molar-refractivity contribution in [2.75, 3.05) is 13.1 Å². The number of aryl methyl sites for hydroxylation is 2. The number of hydrogen-bond donors (Lipinski definition) is 2. The van der Waals surface area contributed by atoms with Crippen molar-refractivity contribution in [2.24, 2.45) is 4.99 Å². The van der Waals surface area contributed by atoms with E-state index in [0.29, 0.717) is 12.5 Å². The molecule has 0 saturated carbocycles. The van der Waals surface area contributed by atoms with Gasteiger partial charge in [0.15, 0.2) is 5.96 Å². The number of rotatable bonds is 7. The maximum Gasteiger partial charge on any atom is 0.191 e. The third-order valence-electron chi connectivity index (χ3n) is 4.87. The summed E-state index contributed by atoms with van der Waals surface area (Å²) in [5.41, 5.74) is 3.68. The molecule has 0 spiro atoms. The van der Waals surface area contributed by atoms with Crippen molar-refractivity contribution in [1.82, 2.24) is 25.2 Å². The molecule has 0 aliphatic heterocycles. The van der Waals surface area contributed by atoms with Crippen LogP contribution in [0.1, 0.15) is 42.3 Å². The molecule has 1 unspecified atom stereocenters. The number of guanidine groups is 1. The van der Waals surface area contributed by atoms with Crippen LogP contribution in [-0.2, 0) is 6.54 Å². The van der Waals surface area contributed by atoms with Crippen LogP contribution in [-0.4, -0.2) is 33.6 Å². The second kappa shape index (κ2) is 9.87. The van der Waals surface area contributed by atoms with E-state index in [1.807, 2.05) is 30.0 Å². The smallest absolute Gasteiger partial charge is 0.191 e. The van der Waals surface area contributed by atoms with Gasteiger partial charge in [-0.15, -0.1) is 0 Å². The molecule has 0 amide bonds. The van der Waals surface area contributed by atoms with Crippen molar-refractivity contribution >= 4 is 5.96 Å². The summed E-state index contributed by atoms with van der Waals surface area (Å²) in [6, 6.07) is 12.8. The topological polar surface area (TPSA) is 67.1 Å². The fourth-order valence-electron chi connectivity index (χ4n) is 3.05. The third-order valence-corrected chi connectivity index (χ3v) is 4.87. The molecule has 6 heteroatoms. The van der Waals surface area contributed by atoms with E-state index in [4.69, 9.17) is 4.99 Å². The van der Waals surface area contributed by atoms with Crippen LogP contribution >= 0.6 is 0 Å². The first-order valence-electron chi connectivity index (χ1n) is 10.1. The van der Waals surface area contributed by atoms with Gasteiger partial charge in [-0.3, -0.25) is 4.57 Å². The highest BCUT2D eigenvalue weighted by atomic mass is 15.2. The highest BCUT2D eigenvalue weighted by Crippen LogP contribution is 2.14. The van der Waals surface area contributed by atoms with E-state index in [2.05, 4.69) is 71.7 Å². The summed E-state index contributed by atoms with van der Waals surface area (Å²) >= 11 is 0. The normalized spacial score (nSPS) is 12.6. The van der Waals surface area contributed by atoms with Gasteiger partial charge < -0.3 is 10.6 Å². The van der Waals surface area contributed by atoms with Crippen molar-refractivity contribution in [3.05, 3.63) is 77.5 Å². The number of hydrogen-bond acceptors (Lipinski definition) is 3. The Labute approximate surface area is 173 Å². The molecule has 0 saturated heterocycles. The van der Waals surface area contributed by atoms with Gasteiger partial charge in [-0.05, 0) is 43.9 Å².